The van der Waals surface area contributed by atoms with Gasteiger partial charge in [0.05, 0.1) is 29.6 Å². The largest absolute Gasteiger partial charge is 0.416 e. The molecule has 1 aliphatic rings. The Bertz CT molecular complexity index is 1350. The third kappa shape index (κ3) is 5.68. The summed E-state index contributed by atoms with van der Waals surface area (Å²) in [6.07, 6.45) is -5.64. The van der Waals surface area contributed by atoms with Crippen molar-refractivity contribution in [3.05, 3.63) is 77.5 Å². The number of alkyl halides is 6. The van der Waals surface area contributed by atoms with Gasteiger partial charge >= 0.3 is 12.4 Å². The Morgan fingerprint density at radius 2 is 1.59 bits per heavy atom. The number of halogens is 6. The van der Waals surface area contributed by atoms with E-state index in [0.717, 1.165) is 42.9 Å². The van der Waals surface area contributed by atoms with Crippen LogP contribution in [0.5, 0.6) is 0 Å². The number of nitrogens with one attached hydrogen (secondary N) is 1. The summed E-state index contributed by atoms with van der Waals surface area (Å²) >= 11 is 0. The van der Waals surface area contributed by atoms with Crippen LogP contribution in [0.1, 0.15) is 41.5 Å². The van der Waals surface area contributed by atoms with Crippen LogP contribution in [0.2, 0.25) is 0 Å². The average molecular weight is 521 g/mol. The van der Waals surface area contributed by atoms with E-state index in [1.54, 1.807) is 6.20 Å². The van der Waals surface area contributed by atoms with Crippen molar-refractivity contribution in [2.75, 3.05) is 13.1 Å². The molecule has 0 atom stereocenters. The standard InChI is InChI=1S/C25H21F6N5O/c26-24(27,28)18-6-4-15(5-7-18)20-13-32-22(33-20)16-8-10-36(11-9-16)14-21-34-23(37-35-21)17-2-1-3-19(12-17)25(29,30)31/h1-7,12-13,16H,8-11,14H2,(H,32,33). The predicted octanol–water partition coefficient (Wildman–Crippen LogP) is 6.54. The highest BCUT2D eigenvalue weighted by atomic mass is 19.4. The third-order valence-corrected chi connectivity index (χ3v) is 6.36. The molecule has 1 fully saturated rings. The van der Waals surface area contributed by atoms with Gasteiger partial charge < -0.3 is 9.51 Å². The van der Waals surface area contributed by atoms with Crippen LogP contribution in [-0.2, 0) is 18.9 Å². The van der Waals surface area contributed by atoms with Gasteiger partial charge in [0.15, 0.2) is 5.82 Å². The smallest absolute Gasteiger partial charge is 0.342 e. The molecule has 37 heavy (non-hydrogen) atoms. The highest BCUT2D eigenvalue weighted by Crippen LogP contribution is 2.33. The molecule has 6 nitrogen and oxygen atoms in total. The average Bonchev–Trinajstić information content (AvgIpc) is 3.54. The van der Waals surface area contributed by atoms with Crippen LogP contribution in [0, 0.1) is 0 Å². The van der Waals surface area contributed by atoms with Crippen LogP contribution < -0.4 is 0 Å². The van der Waals surface area contributed by atoms with Crippen LogP contribution >= 0.6 is 0 Å². The highest BCUT2D eigenvalue weighted by molar-refractivity contribution is 5.59. The van der Waals surface area contributed by atoms with Gasteiger partial charge in [0.25, 0.3) is 5.89 Å². The van der Waals surface area contributed by atoms with E-state index in [2.05, 4.69) is 25.0 Å². The van der Waals surface area contributed by atoms with E-state index >= 15 is 0 Å². The van der Waals surface area contributed by atoms with E-state index in [1.165, 1.54) is 24.3 Å². The second-order valence-electron chi connectivity index (χ2n) is 8.90. The summed E-state index contributed by atoms with van der Waals surface area (Å²) in [5.41, 5.74) is -0.00923. The van der Waals surface area contributed by atoms with Gasteiger partial charge in [-0.05, 0) is 61.8 Å². The van der Waals surface area contributed by atoms with E-state index in [4.69, 9.17) is 4.52 Å². The molecule has 0 saturated carbocycles. The van der Waals surface area contributed by atoms with E-state index in [1.807, 2.05) is 0 Å². The maximum atomic E-state index is 13.0. The SMILES string of the molecule is FC(F)(F)c1ccc(-c2cnc(C3CCN(Cc4noc(-c5cccc(C(F)(F)F)c5)n4)CC3)[nH]2)cc1. The van der Waals surface area contributed by atoms with Gasteiger partial charge in [-0.2, -0.15) is 31.3 Å². The van der Waals surface area contributed by atoms with Crippen LogP contribution in [0.15, 0.2) is 59.3 Å². The topological polar surface area (TPSA) is 70.8 Å². The highest BCUT2D eigenvalue weighted by Gasteiger charge is 2.31. The molecule has 3 heterocycles. The molecule has 2 aromatic heterocycles. The Kier molecular flexibility index (Phi) is 6.52. The molecule has 5 rings (SSSR count). The summed E-state index contributed by atoms with van der Waals surface area (Å²) < 4.78 is 82.5. The Hall–Kier alpha value is -3.67. The van der Waals surface area contributed by atoms with Crippen molar-refractivity contribution in [1.82, 2.24) is 25.0 Å². The molecule has 0 amide bonds. The molecule has 2 aromatic carbocycles. The fraction of sp³-hybridized carbons (Fsp3) is 0.320. The lowest BCUT2D eigenvalue weighted by atomic mass is 9.96. The molecular weight excluding hydrogens is 500 g/mol. The monoisotopic (exact) mass is 521 g/mol. The molecule has 12 heteroatoms. The second-order valence-corrected chi connectivity index (χ2v) is 8.90. The van der Waals surface area contributed by atoms with Gasteiger partial charge in [-0.3, -0.25) is 4.90 Å². The van der Waals surface area contributed by atoms with E-state index in [0.29, 0.717) is 36.7 Å². The Morgan fingerprint density at radius 1 is 0.892 bits per heavy atom. The lowest BCUT2D eigenvalue weighted by Crippen LogP contribution is -2.33. The molecule has 194 valence electrons. The molecule has 1 aliphatic heterocycles. The maximum absolute atomic E-state index is 13.0. The van der Waals surface area contributed by atoms with Gasteiger partial charge in [0, 0.05) is 11.5 Å². The first-order valence-corrected chi connectivity index (χ1v) is 11.5. The molecule has 0 aliphatic carbocycles. The van der Waals surface area contributed by atoms with E-state index in [-0.39, 0.29) is 17.4 Å². The minimum Gasteiger partial charge on any atom is -0.342 e. The molecule has 1 saturated heterocycles. The van der Waals surface area contributed by atoms with Crippen molar-refractivity contribution in [3.63, 3.8) is 0 Å². The summed E-state index contributed by atoms with van der Waals surface area (Å²) in [5.74, 6) is 1.35. The first kappa shape index (κ1) is 25.0. The zero-order valence-corrected chi connectivity index (χ0v) is 19.3. The van der Waals surface area contributed by atoms with Crippen molar-refractivity contribution in [2.24, 2.45) is 0 Å². The molecule has 0 unspecified atom stereocenters. The van der Waals surface area contributed by atoms with Crippen molar-refractivity contribution >= 4 is 0 Å². The number of aromatic nitrogens is 4. The maximum Gasteiger partial charge on any atom is 0.416 e. The van der Waals surface area contributed by atoms with Crippen molar-refractivity contribution in [1.29, 1.82) is 0 Å². The molecule has 1 N–H and O–H groups in total. The molecule has 0 radical (unpaired) electrons. The van der Waals surface area contributed by atoms with Gasteiger partial charge in [-0.25, -0.2) is 4.98 Å². The number of piperidine rings is 1. The summed E-state index contributed by atoms with van der Waals surface area (Å²) in [7, 11) is 0. The molecule has 0 bridgehead atoms. The Labute approximate surface area is 207 Å². The summed E-state index contributed by atoms with van der Waals surface area (Å²) in [5, 5.41) is 3.92. The minimum absolute atomic E-state index is 0.0300. The van der Waals surface area contributed by atoms with Crippen LogP contribution in [0.4, 0.5) is 26.3 Å². The minimum atomic E-state index is -4.46. The number of aromatic amines is 1. The summed E-state index contributed by atoms with van der Waals surface area (Å²) in [4.78, 5) is 14.0. The van der Waals surface area contributed by atoms with Crippen LogP contribution in [0.25, 0.3) is 22.7 Å². The third-order valence-electron chi connectivity index (χ3n) is 6.36. The number of rotatable bonds is 5. The summed E-state index contributed by atoms with van der Waals surface area (Å²) in [6.45, 7) is 1.83. The van der Waals surface area contributed by atoms with Gasteiger partial charge in [-0.1, -0.05) is 23.4 Å². The van der Waals surface area contributed by atoms with E-state index < -0.39 is 23.5 Å². The predicted molar refractivity (Wildman–Crippen MR) is 121 cm³/mol. The van der Waals surface area contributed by atoms with Gasteiger partial charge in [0.1, 0.15) is 5.82 Å². The zero-order chi connectivity index (χ0) is 26.2. The van der Waals surface area contributed by atoms with Gasteiger partial charge in [0.2, 0.25) is 0 Å². The van der Waals surface area contributed by atoms with Crippen molar-refractivity contribution < 1.29 is 30.9 Å². The quantitative estimate of drug-likeness (QED) is 0.302. The van der Waals surface area contributed by atoms with E-state index in [9.17, 15) is 26.3 Å². The van der Waals surface area contributed by atoms with Crippen LogP contribution in [0.3, 0.4) is 0 Å². The van der Waals surface area contributed by atoms with Gasteiger partial charge in [-0.15, -0.1) is 0 Å². The first-order valence-electron chi connectivity index (χ1n) is 11.5. The number of nitrogens with zero attached hydrogens (tertiary/aromatic N) is 4. The van der Waals surface area contributed by atoms with Crippen molar-refractivity contribution in [2.45, 2.75) is 37.7 Å². The number of hydrogen-bond donors (Lipinski definition) is 1. The second kappa shape index (κ2) is 9.66. The van der Waals surface area contributed by atoms with Crippen LogP contribution in [-0.4, -0.2) is 38.1 Å². The Balaban J connectivity index is 1.17. The number of hydrogen-bond acceptors (Lipinski definition) is 5. The normalized spacial score (nSPS) is 15.8. The van der Waals surface area contributed by atoms with Crippen molar-refractivity contribution in [3.8, 4) is 22.7 Å². The molecule has 4 aromatic rings. The fourth-order valence-electron chi connectivity index (χ4n) is 4.36. The zero-order valence-electron chi connectivity index (χ0n) is 19.3. The molecular formula is C25H21F6N5O. The number of H-pyrrole nitrogens is 1. The number of imidazole rings is 1. The number of benzene rings is 2. The fourth-order valence-corrected chi connectivity index (χ4v) is 4.36. The Morgan fingerprint density at radius 3 is 2.27 bits per heavy atom. The summed E-state index contributed by atoms with van der Waals surface area (Å²) in [6, 6.07) is 9.67. The number of likely N-dealkylation sites (tertiary alicyclic amines) is 1. The molecule has 0 spiro atoms. The first-order chi connectivity index (χ1) is 17.6. The lowest BCUT2D eigenvalue weighted by molar-refractivity contribution is -0.138. The lowest BCUT2D eigenvalue weighted by Gasteiger charge is -2.30.